The van der Waals surface area contributed by atoms with Gasteiger partial charge in [-0.1, -0.05) is 28.1 Å². The lowest BCUT2D eigenvalue weighted by atomic mass is 10.1. The van der Waals surface area contributed by atoms with Gasteiger partial charge < -0.3 is 15.1 Å². The van der Waals surface area contributed by atoms with E-state index in [9.17, 15) is 14.4 Å². The molecule has 7 heteroatoms. The van der Waals surface area contributed by atoms with Gasteiger partial charge in [-0.2, -0.15) is 0 Å². The van der Waals surface area contributed by atoms with E-state index in [1.807, 2.05) is 37.3 Å². The second-order valence-corrected chi connectivity index (χ2v) is 8.41. The van der Waals surface area contributed by atoms with E-state index in [1.165, 1.54) is 0 Å². The number of carbonyl (C=O) groups excluding carboxylic acids is 3. The Morgan fingerprint density at radius 3 is 2.66 bits per heavy atom. The van der Waals surface area contributed by atoms with E-state index in [0.29, 0.717) is 18.7 Å². The first-order chi connectivity index (χ1) is 13.9. The maximum Gasteiger partial charge on any atom is 0.255 e. The third kappa shape index (κ3) is 4.05. The summed E-state index contributed by atoms with van der Waals surface area (Å²) in [5.74, 6) is -0.147. The number of halogens is 1. The summed E-state index contributed by atoms with van der Waals surface area (Å²) in [5, 5.41) is 2.89. The third-order valence-corrected chi connectivity index (χ3v) is 6.39. The van der Waals surface area contributed by atoms with Crippen LogP contribution in [0.3, 0.4) is 0 Å². The van der Waals surface area contributed by atoms with Crippen molar-refractivity contribution in [3.05, 3.63) is 63.6 Å². The summed E-state index contributed by atoms with van der Waals surface area (Å²) in [6.45, 7) is 3.15. The van der Waals surface area contributed by atoms with E-state index in [2.05, 4.69) is 21.2 Å². The quantitative estimate of drug-likeness (QED) is 0.768. The molecule has 1 N–H and O–H groups in total. The van der Waals surface area contributed by atoms with Crippen LogP contribution in [0.2, 0.25) is 0 Å². The number of hydrogen-bond donors (Lipinski definition) is 1. The second kappa shape index (κ2) is 7.99. The van der Waals surface area contributed by atoms with Crippen molar-refractivity contribution in [2.75, 3.05) is 18.4 Å². The number of aryl methyl sites for hydroxylation is 1. The van der Waals surface area contributed by atoms with Gasteiger partial charge in [0.2, 0.25) is 11.8 Å². The van der Waals surface area contributed by atoms with Gasteiger partial charge in [0, 0.05) is 28.8 Å². The summed E-state index contributed by atoms with van der Waals surface area (Å²) < 4.78 is 0.992. The lowest BCUT2D eigenvalue weighted by Gasteiger charge is -2.36. The molecular weight excluding hydrogens is 434 g/mol. The van der Waals surface area contributed by atoms with Crippen LogP contribution >= 0.6 is 15.9 Å². The minimum absolute atomic E-state index is 0.0212. The number of amides is 3. The monoisotopic (exact) mass is 455 g/mol. The smallest absolute Gasteiger partial charge is 0.255 e. The van der Waals surface area contributed by atoms with Crippen LogP contribution in [0.4, 0.5) is 5.69 Å². The highest BCUT2D eigenvalue weighted by molar-refractivity contribution is 9.10. The molecule has 1 atom stereocenters. The van der Waals surface area contributed by atoms with E-state index < -0.39 is 0 Å². The number of anilines is 1. The number of rotatable bonds is 4. The number of nitrogens with one attached hydrogen (secondary N) is 1. The number of hydrogen-bond acceptors (Lipinski definition) is 3. The van der Waals surface area contributed by atoms with E-state index in [4.69, 9.17) is 0 Å². The van der Waals surface area contributed by atoms with Gasteiger partial charge in [0.1, 0.15) is 12.6 Å². The fourth-order valence-electron chi connectivity index (χ4n) is 3.91. The van der Waals surface area contributed by atoms with Gasteiger partial charge in [-0.25, -0.2) is 0 Å². The molecule has 3 amide bonds. The predicted octanol–water partition coefficient (Wildman–Crippen LogP) is 3.34. The third-order valence-electron chi connectivity index (χ3n) is 5.50. The molecule has 0 radical (unpaired) electrons. The Hall–Kier alpha value is -2.67. The summed E-state index contributed by atoms with van der Waals surface area (Å²) >= 11 is 3.45. The van der Waals surface area contributed by atoms with Crippen LogP contribution < -0.4 is 5.32 Å². The highest BCUT2D eigenvalue weighted by Gasteiger charge is 2.41. The van der Waals surface area contributed by atoms with Gasteiger partial charge in [-0.05, 0) is 61.2 Å². The largest absolute Gasteiger partial charge is 0.329 e. The molecule has 0 saturated carbocycles. The number of nitrogens with zero attached hydrogens (tertiary/aromatic N) is 2. The van der Waals surface area contributed by atoms with Crippen LogP contribution in [0.25, 0.3) is 0 Å². The first-order valence-electron chi connectivity index (χ1n) is 9.67. The van der Waals surface area contributed by atoms with Crippen molar-refractivity contribution in [2.24, 2.45) is 0 Å². The molecule has 2 saturated heterocycles. The molecular formula is C22H22BrN3O3. The molecule has 2 aliphatic rings. The van der Waals surface area contributed by atoms with E-state index in [1.54, 1.807) is 21.9 Å². The van der Waals surface area contributed by atoms with E-state index >= 15 is 0 Å². The summed E-state index contributed by atoms with van der Waals surface area (Å²) in [6.07, 6.45) is 1.63. The zero-order valence-electron chi connectivity index (χ0n) is 16.2. The van der Waals surface area contributed by atoms with Gasteiger partial charge in [0.05, 0.1) is 0 Å². The molecule has 0 bridgehead atoms. The highest BCUT2D eigenvalue weighted by atomic mass is 79.9. The van der Waals surface area contributed by atoms with Crippen LogP contribution in [0.15, 0.2) is 46.9 Å². The zero-order chi connectivity index (χ0) is 20.5. The van der Waals surface area contributed by atoms with Crippen LogP contribution in [0.1, 0.15) is 34.3 Å². The summed E-state index contributed by atoms with van der Waals surface area (Å²) in [7, 11) is 0. The van der Waals surface area contributed by atoms with Crippen LogP contribution in [0.5, 0.6) is 0 Å². The molecule has 2 aromatic rings. The minimum atomic E-state index is -0.296. The van der Waals surface area contributed by atoms with Crippen molar-refractivity contribution in [3.8, 4) is 0 Å². The maximum absolute atomic E-state index is 12.7. The fraction of sp³-hybridized carbons (Fsp3) is 0.318. The van der Waals surface area contributed by atoms with Crippen molar-refractivity contribution >= 4 is 39.3 Å². The minimum Gasteiger partial charge on any atom is -0.329 e. The van der Waals surface area contributed by atoms with Crippen molar-refractivity contribution < 1.29 is 14.4 Å². The summed E-state index contributed by atoms with van der Waals surface area (Å²) in [6, 6.07) is 12.5. The Kier molecular flexibility index (Phi) is 5.41. The number of fused-ring (bicyclic) bond motifs is 1. The first-order valence-corrected chi connectivity index (χ1v) is 10.5. The summed E-state index contributed by atoms with van der Waals surface area (Å²) in [5.41, 5.74) is 3.21. The molecule has 6 nitrogen and oxygen atoms in total. The molecule has 0 aliphatic carbocycles. The van der Waals surface area contributed by atoms with Crippen molar-refractivity contribution in [1.29, 1.82) is 0 Å². The molecule has 150 valence electrons. The molecule has 0 spiro atoms. The van der Waals surface area contributed by atoms with E-state index in [-0.39, 0.29) is 30.3 Å². The van der Waals surface area contributed by atoms with Gasteiger partial charge in [-0.3, -0.25) is 14.4 Å². The highest BCUT2D eigenvalue weighted by Crippen LogP contribution is 2.25. The Morgan fingerprint density at radius 2 is 1.93 bits per heavy atom. The van der Waals surface area contributed by atoms with Crippen molar-refractivity contribution in [2.45, 2.75) is 32.4 Å². The average Bonchev–Trinajstić information content (AvgIpc) is 3.20. The molecule has 2 fully saturated rings. The second-order valence-electron chi connectivity index (χ2n) is 7.55. The SMILES string of the molecule is Cc1cc(NC(=O)c2ccc(CN3CC(=O)N4CCC[C@H]4C3=O)cc2)ccc1Br. The molecule has 2 heterocycles. The van der Waals surface area contributed by atoms with Gasteiger partial charge in [0.15, 0.2) is 0 Å². The number of benzene rings is 2. The number of carbonyl (C=O) groups is 3. The zero-order valence-corrected chi connectivity index (χ0v) is 17.7. The van der Waals surface area contributed by atoms with Crippen molar-refractivity contribution in [1.82, 2.24) is 9.80 Å². The normalized spacial score (nSPS) is 18.8. The topological polar surface area (TPSA) is 69.7 Å². The van der Waals surface area contributed by atoms with Gasteiger partial charge in [0.25, 0.3) is 5.91 Å². The Bertz CT molecular complexity index is 974. The summed E-state index contributed by atoms with van der Waals surface area (Å²) in [4.78, 5) is 40.7. The van der Waals surface area contributed by atoms with Crippen LogP contribution in [-0.4, -0.2) is 46.7 Å². The standard InChI is InChI=1S/C22H22BrN3O3/c1-14-11-17(8-9-18(14)23)24-21(28)16-6-4-15(5-7-16)12-25-13-20(27)26-10-2-3-19(26)22(25)29/h4-9,11,19H,2-3,10,12-13H2,1H3,(H,24,28)/t19-/m0/s1. The lowest BCUT2D eigenvalue weighted by Crippen LogP contribution is -2.56. The molecule has 2 aliphatic heterocycles. The average molecular weight is 456 g/mol. The predicted molar refractivity (Wildman–Crippen MR) is 113 cm³/mol. The molecule has 4 rings (SSSR count). The maximum atomic E-state index is 12.7. The van der Waals surface area contributed by atoms with Crippen molar-refractivity contribution in [3.63, 3.8) is 0 Å². The Morgan fingerprint density at radius 1 is 1.17 bits per heavy atom. The van der Waals surface area contributed by atoms with Crippen LogP contribution in [-0.2, 0) is 16.1 Å². The molecule has 0 unspecified atom stereocenters. The van der Waals surface area contributed by atoms with Gasteiger partial charge in [-0.15, -0.1) is 0 Å². The fourth-order valence-corrected chi connectivity index (χ4v) is 4.15. The molecule has 0 aromatic heterocycles. The Labute approximate surface area is 178 Å². The first kappa shape index (κ1) is 19.6. The van der Waals surface area contributed by atoms with E-state index in [0.717, 1.165) is 34.1 Å². The number of piperazine rings is 1. The molecule has 29 heavy (non-hydrogen) atoms. The lowest BCUT2D eigenvalue weighted by molar-refractivity contribution is -0.154. The van der Waals surface area contributed by atoms with Gasteiger partial charge >= 0.3 is 0 Å². The van der Waals surface area contributed by atoms with Crippen LogP contribution in [0, 0.1) is 6.92 Å². The Balaban J connectivity index is 1.41. The molecule has 2 aromatic carbocycles.